The van der Waals surface area contributed by atoms with Gasteiger partial charge in [0.25, 0.3) is 0 Å². The number of rotatable bonds is 7. The molecule has 27 heavy (non-hydrogen) atoms. The van der Waals surface area contributed by atoms with Crippen LogP contribution in [-0.4, -0.2) is 43.4 Å². The maximum absolute atomic E-state index is 12.7. The summed E-state index contributed by atoms with van der Waals surface area (Å²) in [5.41, 5.74) is 0.290. The average Bonchev–Trinajstić information content (AvgIpc) is 3.05. The highest BCUT2D eigenvalue weighted by Gasteiger charge is 2.24. The molecule has 12 heteroatoms. The van der Waals surface area contributed by atoms with E-state index < -0.39 is 22.1 Å². The van der Waals surface area contributed by atoms with Gasteiger partial charge in [-0.15, -0.1) is 5.10 Å². The van der Waals surface area contributed by atoms with Crippen LogP contribution in [0.4, 0.5) is 10.5 Å². The topological polar surface area (TPSA) is 127 Å². The lowest BCUT2D eigenvalue weighted by Gasteiger charge is -2.15. The quantitative estimate of drug-likeness (QED) is 0.631. The van der Waals surface area contributed by atoms with Crippen LogP contribution in [0.5, 0.6) is 6.01 Å². The van der Waals surface area contributed by atoms with E-state index in [0.29, 0.717) is 24.1 Å². The average molecular weight is 417 g/mol. The van der Waals surface area contributed by atoms with Gasteiger partial charge in [-0.3, -0.25) is 4.57 Å². The van der Waals surface area contributed by atoms with Crippen molar-refractivity contribution in [2.24, 2.45) is 0 Å². The van der Waals surface area contributed by atoms with Crippen molar-refractivity contribution in [3.05, 3.63) is 29.0 Å². The van der Waals surface area contributed by atoms with Gasteiger partial charge in [0.2, 0.25) is 10.0 Å². The number of hydrogen-bond acceptors (Lipinski definition) is 6. The number of sulfonamides is 1. The number of benzene rings is 1. The Labute approximate surface area is 162 Å². The molecule has 0 radical (unpaired) electrons. The van der Waals surface area contributed by atoms with E-state index in [9.17, 15) is 13.2 Å². The Morgan fingerprint density at radius 3 is 2.63 bits per heavy atom. The van der Waals surface area contributed by atoms with E-state index in [2.05, 4.69) is 25.6 Å². The first-order valence-electron chi connectivity index (χ1n) is 8.01. The maximum atomic E-state index is 12.7. The zero-order chi connectivity index (χ0) is 20.2. The Morgan fingerprint density at radius 2 is 2.07 bits per heavy atom. The monoisotopic (exact) mass is 416 g/mol. The van der Waals surface area contributed by atoms with Crippen molar-refractivity contribution >= 4 is 33.3 Å². The first kappa shape index (κ1) is 20.9. The number of methoxy groups -OCH3 is 1. The van der Waals surface area contributed by atoms with Crippen LogP contribution in [0.15, 0.2) is 23.1 Å². The molecule has 10 nitrogen and oxygen atoms in total. The summed E-state index contributed by atoms with van der Waals surface area (Å²) in [6.07, 6.45) is 0. The molecule has 1 aromatic carbocycles. The van der Waals surface area contributed by atoms with Gasteiger partial charge in [-0.05, 0) is 32.0 Å². The van der Waals surface area contributed by atoms with E-state index in [1.54, 1.807) is 11.5 Å². The summed E-state index contributed by atoms with van der Waals surface area (Å²) in [6, 6.07) is 3.19. The highest BCUT2D eigenvalue weighted by atomic mass is 35.5. The van der Waals surface area contributed by atoms with E-state index in [-0.39, 0.29) is 9.92 Å². The van der Waals surface area contributed by atoms with Gasteiger partial charge in [0.15, 0.2) is 5.82 Å². The third-order valence-corrected chi connectivity index (χ3v) is 5.54. The van der Waals surface area contributed by atoms with E-state index in [0.717, 1.165) is 0 Å². The SMILES string of the molecule is CCn1c(OC)nnc1[C@@H](C)NS(=O)(=O)c1ccc(NC(=O)NC)c(Cl)c1. The molecule has 2 aromatic rings. The summed E-state index contributed by atoms with van der Waals surface area (Å²) in [5, 5.41) is 12.8. The van der Waals surface area contributed by atoms with Crippen LogP contribution in [0.3, 0.4) is 0 Å². The van der Waals surface area contributed by atoms with Gasteiger partial charge >= 0.3 is 12.0 Å². The van der Waals surface area contributed by atoms with Crippen LogP contribution in [0.25, 0.3) is 0 Å². The molecule has 1 heterocycles. The Hall–Kier alpha value is -2.37. The number of nitrogens with zero attached hydrogens (tertiary/aromatic N) is 3. The maximum Gasteiger partial charge on any atom is 0.319 e. The van der Waals surface area contributed by atoms with Gasteiger partial charge in [0.05, 0.1) is 28.8 Å². The molecule has 0 aliphatic carbocycles. The fourth-order valence-electron chi connectivity index (χ4n) is 2.37. The molecule has 0 saturated carbocycles. The zero-order valence-electron chi connectivity index (χ0n) is 15.3. The molecule has 0 spiro atoms. The summed E-state index contributed by atoms with van der Waals surface area (Å²) in [7, 11) is -0.969. The standard InChI is InChI=1S/C15H21ClN6O4S/c1-5-22-13(19-20-15(22)26-4)9(2)21-27(24,25)10-6-7-12(11(16)8-10)18-14(23)17-3/h6-9,21H,5H2,1-4H3,(H2,17,18,23)/t9-/m1/s1. The summed E-state index contributed by atoms with van der Waals surface area (Å²) in [4.78, 5) is 11.3. The molecule has 148 valence electrons. The number of carbonyl (C=O) groups excluding carboxylic acids is 1. The second kappa shape index (κ2) is 8.55. The molecule has 0 bridgehead atoms. The summed E-state index contributed by atoms with van der Waals surface area (Å²) < 4.78 is 34.7. The normalized spacial score (nSPS) is 12.5. The number of anilines is 1. The van der Waals surface area contributed by atoms with Gasteiger partial charge < -0.3 is 15.4 Å². The third kappa shape index (κ3) is 4.67. The minimum atomic E-state index is -3.89. The number of urea groups is 1. The van der Waals surface area contributed by atoms with Crippen molar-refractivity contribution in [3.8, 4) is 6.01 Å². The molecule has 3 N–H and O–H groups in total. The molecular weight excluding hydrogens is 396 g/mol. The van der Waals surface area contributed by atoms with Crippen LogP contribution < -0.4 is 20.1 Å². The van der Waals surface area contributed by atoms with Crippen molar-refractivity contribution in [2.45, 2.75) is 31.3 Å². The predicted octanol–water partition coefficient (Wildman–Crippen LogP) is 1.75. The van der Waals surface area contributed by atoms with Crippen molar-refractivity contribution < 1.29 is 17.9 Å². The van der Waals surface area contributed by atoms with Crippen LogP contribution in [0.1, 0.15) is 25.7 Å². The Bertz CT molecular complexity index is 930. The molecule has 0 fully saturated rings. The van der Waals surface area contributed by atoms with Crippen LogP contribution in [0, 0.1) is 0 Å². The van der Waals surface area contributed by atoms with E-state index in [1.165, 1.54) is 32.4 Å². The summed E-state index contributed by atoms with van der Waals surface area (Å²) in [6.45, 7) is 4.04. The first-order valence-corrected chi connectivity index (χ1v) is 9.87. The number of halogens is 1. The number of aromatic nitrogens is 3. The number of amides is 2. The number of hydrogen-bond donors (Lipinski definition) is 3. The molecule has 2 rings (SSSR count). The highest BCUT2D eigenvalue weighted by molar-refractivity contribution is 7.89. The minimum Gasteiger partial charge on any atom is -0.467 e. The Morgan fingerprint density at radius 1 is 1.37 bits per heavy atom. The lowest BCUT2D eigenvalue weighted by atomic mass is 10.3. The smallest absolute Gasteiger partial charge is 0.319 e. The fraction of sp³-hybridized carbons (Fsp3) is 0.400. The van der Waals surface area contributed by atoms with Gasteiger partial charge in [-0.1, -0.05) is 16.7 Å². The van der Waals surface area contributed by atoms with Crippen molar-refractivity contribution in [1.29, 1.82) is 0 Å². The van der Waals surface area contributed by atoms with Crippen molar-refractivity contribution in [3.63, 3.8) is 0 Å². The zero-order valence-corrected chi connectivity index (χ0v) is 16.8. The van der Waals surface area contributed by atoms with Crippen LogP contribution in [-0.2, 0) is 16.6 Å². The van der Waals surface area contributed by atoms with E-state index in [4.69, 9.17) is 16.3 Å². The molecular formula is C15H21ClN6O4S. The lowest BCUT2D eigenvalue weighted by molar-refractivity contribution is 0.254. The van der Waals surface area contributed by atoms with Gasteiger partial charge in [-0.2, -0.15) is 0 Å². The van der Waals surface area contributed by atoms with Crippen molar-refractivity contribution in [1.82, 2.24) is 24.8 Å². The Kier molecular flexibility index (Phi) is 6.63. The second-order valence-electron chi connectivity index (χ2n) is 5.48. The molecule has 0 saturated heterocycles. The summed E-state index contributed by atoms with van der Waals surface area (Å²) >= 11 is 6.08. The van der Waals surface area contributed by atoms with Gasteiger partial charge in [0, 0.05) is 13.6 Å². The van der Waals surface area contributed by atoms with Crippen LogP contribution in [0.2, 0.25) is 5.02 Å². The molecule has 0 aliphatic rings. The fourth-order valence-corrected chi connectivity index (χ4v) is 3.89. The summed E-state index contributed by atoms with van der Waals surface area (Å²) in [5.74, 6) is 0.418. The number of carbonyl (C=O) groups is 1. The molecule has 0 unspecified atom stereocenters. The third-order valence-electron chi connectivity index (χ3n) is 3.69. The lowest BCUT2D eigenvalue weighted by Crippen LogP contribution is -2.29. The van der Waals surface area contributed by atoms with Gasteiger partial charge in [0.1, 0.15) is 0 Å². The van der Waals surface area contributed by atoms with Gasteiger partial charge in [-0.25, -0.2) is 17.9 Å². The number of nitrogens with one attached hydrogen (secondary N) is 3. The predicted molar refractivity (Wildman–Crippen MR) is 101 cm³/mol. The minimum absolute atomic E-state index is 0.0451. The Balaban J connectivity index is 2.24. The van der Waals surface area contributed by atoms with E-state index in [1.807, 2.05) is 6.92 Å². The molecule has 1 atom stereocenters. The number of ether oxygens (including phenoxy) is 1. The molecule has 1 aromatic heterocycles. The molecule has 0 aliphatic heterocycles. The highest BCUT2D eigenvalue weighted by Crippen LogP contribution is 2.26. The largest absolute Gasteiger partial charge is 0.467 e. The van der Waals surface area contributed by atoms with Crippen molar-refractivity contribution in [2.75, 3.05) is 19.5 Å². The molecule has 2 amide bonds. The van der Waals surface area contributed by atoms with Crippen LogP contribution >= 0.6 is 11.6 Å². The first-order chi connectivity index (χ1) is 12.7. The van der Waals surface area contributed by atoms with E-state index >= 15 is 0 Å². The second-order valence-corrected chi connectivity index (χ2v) is 7.60.